The summed E-state index contributed by atoms with van der Waals surface area (Å²) in [6.07, 6.45) is 0.0390. The van der Waals surface area contributed by atoms with Crippen LogP contribution in [0.3, 0.4) is 0 Å². The molecule has 5 nitrogen and oxygen atoms in total. The number of nitrogens with one attached hydrogen (secondary N) is 2. The van der Waals surface area contributed by atoms with Gasteiger partial charge in [-0.3, -0.25) is 0 Å². The van der Waals surface area contributed by atoms with Crippen molar-refractivity contribution in [2.24, 2.45) is 5.92 Å². The molecule has 0 unspecified atom stereocenters. The van der Waals surface area contributed by atoms with Crippen LogP contribution in [0.1, 0.15) is 27.2 Å². The van der Waals surface area contributed by atoms with Crippen LogP contribution in [0.15, 0.2) is 0 Å². The van der Waals surface area contributed by atoms with Crippen LogP contribution in [0.4, 0.5) is 4.79 Å². The summed E-state index contributed by atoms with van der Waals surface area (Å²) in [7, 11) is 0. The predicted molar refractivity (Wildman–Crippen MR) is 59.7 cm³/mol. The van der Waals surface area contributed by atoms with E-state index >= 15 is 0 Å². The maximum absolute atomic E-state index is 11.5. The van der Waals surface area contributed by atoms with Crippen LogP contribution in [-0.2, 0) is 4.74 Å². The largest absolute Gasteiger partial charge is 0.444 e. The molecule has 1 amide bonds. The van der Waals surface area contributed by atoms with Gasteiger partial charge in [0.2, 0.25) is 0 Å². The Bertz CT molecular complexity index is 291. The van der Waals surface area contributed by atoms with E-state index in [1.807, 2.05) is 20.8 Å². The van der Waals surface area contributed by atoms with Gasteiger partial charge < -0.3 is 15.4 Å². The first-order chi connectivity index (χ1) is 7.42. The molecule has 16 heavy (non-hydrogen) atoms. The summed E-state index contributed by atoms with van der Waals surface area (Å²) >= 11 is 0. The third kappa shape index (κ3) is 4.07. The Balaban J connectivity index is 2.42. The second-order valence-corrected chi connectivity index (χ2v) is 5.03. The van der Waals surface area contributed by atoms with Gasteiger partial charge >= 0.3 is 6.09 Å². The molecule has 1 saturated heterocycles. The number of alkyl carbamates (subject to hydrolysis) is 1. The van der Waals surface area contributed by atoms with Crippen molar-refractivity contribution in [3.8, 4) is 6.07 Å². The van der Waals surface area contributed by atoms with Crippen LogP contribution in [-0.4, -0.2) is 30.8 Å². The number of nitrogens with zero attached hydrogens (tertiary/aromatic N) is 1. The van der Waals surface area contributed by atoms with E-state index in [2.05, 4.69) is 16.7 Å². The molecular formula is C11H19N3O2. The van der Waals surface area contributed by atoms with E-state index in [-0.39, 0.29) is 12.0 Å². The van der Waals surface area contributed by atoms with Crippen molar-refractivity contribution in [2.75, 3.05) is 13.1 Å². The summed E-state index contributed by atoms with van der Waals surface area (Å²) in [5, 5.41) is 14.6. The standard InChI is InChI=1S/C11H19N3O2/c1-11(2,3)16-10(15)14-9-7-13-6-8(9)4-5-12/h8-9,13H,4,6-7H2,1-3H3,(H,14,15)/t8-,9-/m1/s1. The Morgan fingerprint density at radius 3 is 2.81 bits per heavy atom. The molecule has 1 aliphatic rings. The molecule has 0 aromatic rings. The van der Waals surface area contributed by atoms with Gasteiger partial charge in [0.05, 0.1) is 6.07 Å². The molecule has 0 bridgehead atoms. The fraction of sp³-hybridized carbons (Fsp3) is 0.818. The highest BCUT2D eigenvalue weighted by Gasteiger charge is 2.29. The molecular weight excluding hydrogens is 206 g/mol. The summed E-state index contributed by atoms with van der Waals surface area (Å²) in [4.78, 5) is 11.5. The maximum Gasteiger partial charge on any atom is 0.407 e. The van der Waals surface area contributed by atoms with Crippen molar-refractivity contribution in [1.82, 2.24) is 10.6 Å². The lowest BCUT2D eigenvalue weighted by Gasteiger charge is -2.23. The van der Waals surface area contributed by atoms with E-state index < -0.39 is 11.7 Å². The van der Waals surface area contributed by atoms with E-state index in [0.29, 0.717) is 13.0 Å². The summed E-state index contributed by atoms with van der Waals surface area (Å²) in [6, 6.07) is 2.12. The number of nitriles is 1. The number of hydrogen-bond donors (Lipinski definition) is 2. The lowest BCUT2D eigenvalue weighted by molar-refractivity contribution is 0.0498. The number of carbonyl (C=O) groups excluding carboxylic acids is 1. The van der Waals surface area contributed by atoms with Gasteiger partial charge in [0.15, 0.2) is 0 Å². The zero-order valence-electron chi connectivity index (χ0n) is 10.0. The highest BCUT2D eigenvalue weighted by Crippen LogP contribution is 2.14. The number of carbonyl (C=O) groups is 1. The second-order valence-electron chi connectivity index (χ2n) is 5.03. The molecule has 5 heteroatoms. The number of amides is 1. The highest BCUT2D eigenvalue weighted by atomic mass is 16.6. The fourth-order valence-corrected chi connectivity index (χ4v) is 1.69. The Kier molecular flexibility index (Phi) is 4.13. The normalized spacial score (nSPS) is 24.9. The number of ether oxygens (including phenoxy) is 1. The molecule has 1 fully saturated rings. The third-order valence-electron chi connectivity index (χ3n) is 2.40. The van der Waals surface area contributed by atoms with Crippen LogP contribution in [0.25, 0.3) is 0 Å². The zero-order chi connectivity index (χ0) is 12.2. The molecule has 0 aromatic heterocycles. The topological polar surface area (TPSA) is 74.2 Å². The molecule has 0 aromatic carbocycles. The van der Waals surface area contributed by atoms with Crippen molar-refractivity contribution < 1.29 is 9.53 Å². The first-order valence-corrected chi connectivity index (χ1v) is 5.49. The van der Waals surface area contributed by atoms with Crippen molar-refractivity contribution in [3.63, 3.8) is 0 Å². The molecule has 2 N–H and O–H groups in total. The van der Waals surface area contributed by atoms with E-state index in [4.69, 9.17) is 10.00 Å². The SMILES string of the molecule is CC(C)(C)OC(=O)N[C@@H]1CNC[C@H]1CC#N. The Morgan fingerprint density at radius 1 is 1.56 bits per heavy atom. The minimum Gasteiger partial charge on any atom is -0.444 e. The predicted octanol–water partition coefficient (Wildman–Crippen LogP) is 1.01. The average molecular weight is 225 g/mol. The van der Waals surface area contributed by atoms with Gasteiger partial charge in [0, 0.05) is 31.5 Å². The lowest BCUT2D eigenvalue weighted by Crippen LogP contribution is -2.43. The number of rotatable bonds is 2. The van der Waals surface area contributed by atoms with Gasteiger partial charge in [-0.15, -0.1) is 0 Å². The molecule has 1 rings (SSSR count). The van der Waals surface area contributed by atoms with Gasteiger partial charge in [0.25, 0.3) is 0 Å². The smallest absolute Gasteiger partial charge is 0.407 e. The molecule has 1 aliphatic heterocycles. The van der Waals surface area contributed by atoms with Crippen molar-refractivity contribution in [2.45, 2.75) is 38.8 Å². The van der Waals surface area contributed by atoms with Gasteiger partial charge in [-0.1, -0.05) is 0 Å². The highest BCUT2D eigenvalue weighted by molar-refractivity contribution is 5.68. The zero-order valence-corrected chi connectivity index (χ0v) is 10.0. The van der Waals surface area contributed by atoms with E-state index in [9.17, 15) is 4.79 Å². The van der Waals surface area contributed by atoms with Crippen molar-refractivity contribution in [1.29, 1.82) is 5.26 Å². The lowest BCUT2D eigenvalue weighted by atomic mass is 10.0. The van der Waals surface area contributed by atoms with Crippen molar-refractivity contribution >= 4 is 6.09 Å². The minimum atomic E-state index is -0.485. The maximum atomic E-state index is 11.5. The first kappa shape index (κ1) is 12.8. The van der Waals surface area contributed by atoms with Gasteiger partial charge in [0.1, 0.15) is 5.60 Å². The van der Waals surface area contributed by atoms with Gasteiger partial charge in [-0.05, 0) is 20.8 Å². The number of hydrogen-bond acceptors (Lipinski definition) is 4. The van der Waals surface area contributed by atoms with E-state index in [1.54, 1.807) is 0 Å². The van der Waals surface area contributed by atoms with Gasteiger partial charge in [-0.2, -0.15) is 5.26 Å². The fourth-order valence-electron chi connectivity index (χ4n) is 1.69. The Hall–Kier alpha value is -1.28. The molecule has 0 radical (unpaired) electrons. The summed E-state index contributed by atoms with van der Waals surface area (Å²) < 4.78 is 5.17. The van der Waals surface area contributed by atoms with Gasteiger partial charge in [-0.25, -0.2) is 4.79 Å². The van der Waals surface area contributed by atoms with Crippen LogP contribution in [0, 0.1) is 17.2 Å². The first-order valence-electron chi connectivity index (χ1n) is 5.49. The molecule has 90 valence electrons. The molecule has 0 saturated carbocycles. The average Bonchev–Trinajstić information content (AvgIpc) is 2.50. The second kappa shape index (κ2) is 5.17. The monoisotopic (exact) mass is 225 g/mol. The van der Waals surface area contributed by atoms with Crippen LogP contribution >= 0.6 is 0 Å². The van der Waals surface area contributed by atoms with E-state index in [0.717, 1.165) is 6.54 Å². The third-order valence-corrected chi connectivity index (χ3v) is 2.40. The van der Waals surface area contributed by atoms with Crippen LogP contribution in [0.2, 0.25) is 0 Å². The quantitative estimate of drug-likeness (QED) is 0.735. The Labute approximate surface area is 96.2 Å². The molecule has 0 aliphatic carbocycles. The minimum absolute atomic E-state index is 0.00509. The Morgan fingerprint density at radius 2 is 2.25 bits per heavy atom. The van der Waals surface area contributed by atoms with Crippen LogP contribution in [0.5, 0.6) is 0 Å². The summed E-state index contributed by atoms with van der Waals surface area (Å²) in [5.74, 6) is 0.178. The summed E-state index contributed by atoms with van der Waals surface area (Å²) in [6.45, 7) is 6.95. The van der Waals surface area contributed by atoms with Crippen LogP contribution < -0.4 is 10.6 Å². The summed E-state index contributed by atoms with van der Waals surface area (Å²) in [5.41, 5.74) is -0.485. The molecule has 2 atom stereocenters. The molecule has 1 heterocycles. The molecule has 0 spiro atoms. The van der Waals surface area contributed by atoms with Crippen molar-refractivity contribution in [3.05, 3.63) is 0 Å². The van der Waals surface area contributed by atoms with E-state index in [1.165, 1.54) is 0 Å².